The van der Waals surface area contributed by atoms with Gasteiger partial charge in [0.05, 0.1) is 18.4 Å². The average molecular weight is 363 g/mol. The smallest absolute Gasteiger partial charge is 0.241 e. The first-order valence-corrected chi connectivity index (χ1v) is 8.53. The molecule has 7 heteroatoms. The van der Waals surface area contributed by atoms with Crippen LogP contribution in [-0.2, 0) is 13.1 Å². The van der Waals surface area contributed by atoms with Gasteiger partial charge in [0.25, 0.3) is 0 Å². The molecule has 0 radical (unpaired) electrons. The van der Waals surface area contributed by atoms with Gasteiger partial charge < -0.3 is 4.52 Å². The molecule has 2 heterocycles. The van der Waals surface area contributed by atoms with Crippen LogP contribution in [0.1, 0.15) is 11.5 Å². The summed E-state index contributed by atoms with van der Waals surface area (Å²) < 4.78 is 20.2. The number of aromatic nitrogens is 4. The van der Waals surface area contributed by atoms with E-state index in [4.69, 9.17) is 4.52 Å². The molecule has 0 N–H and O–H groups in total. The van der Waals surface area contributed by atoms with Crippen molar-refractivity contribution in [1.29, 1.82) is 0 Å². The van der Waals surface area contributed by atoms with Gasteiger partial charge in [0.1, 0.15) is 5.82 Å². The van der Waals surface area contributed by atoms with Crippen LogP contribution in [0.25, 0.3) is 17.1 Å². The van der Waals surface area contributed by atoms with Crippen LogP contribution < -0.4 is 0 Å². The predicted molar refractivity (Wildman–Crippen MR) is 98.4 cm³/mol. The number of hydrogen-bond donors (Lipinski definition) is 0. The summed E-state index contributed by atoms with van der Waals surface area (Å²) in [5.74, 6) is 0.667. The van der Waals surface area contributed by atoms with Gasteiger partial charge >= 0.3 is 0 Å². The van der Waals surface area contributed by atoms with Crippen LogP contribution in [0.4, 0.5) is 4.39 Å². The van der Waals surface area contributed by atoms with Crippen molar-refractivity contribution in [3.8, 4) is 17.1 Å². The zero-order valence-corrected chi connectivity index (χ0v) is 14.8. The van der Waals surface area contributed by atoms with Crippen molar-refractivity contribution in [2.75, 3.05) is 7.05 Å². The summed E-state index contributed by atoms with van der Waals surface area (Å²) in [6.45, 7) is 1.20. The quantitative estimate of drug-likeness (QED) is 0.523. The Morgan fingerprint density at radius 1 is 1.04 bits per heavy atom. The highest BCUT2D eigenvalue weighted by atomic mass is 19.1. The van der Waals surface area contributed by atoms with Crippen LogP contribution >= 0.6 is 0 Å². The van der Waals surface area contributed by atoms with Crippen LogP contribution in [-0.4, -0.2) is 31.9 Å². The van der Waals surface area contributed by atoms with Crippen LogP contribution in [0.5, 0.6) is 0 Å². The van der Waals surface area contributed by atoms with Crippen molar-refractivity contribution in [2.24, 2.45) is 0 Å². The second-order valence-electron chi connectivity index (χ2n) is 6.32. The normalized spacial score (nSPS) is 11.2. The molecule has 0 unspecified atom stereocenters. The van der Waals surface area contributed by atoms with Crippen LogP contribution in [0.3, 0.4) is 0 Å². The molecule has 0 fully saturated rings. The van der Waals surface area contributed by atoms with Gasteiger partial charge in [-0.2, -0.15) is 10.1 Å². The molecular formula is C20H18FN5O. The van der Waals surface area contributed by atoms with E-state index in [9.17, 15) is 4.39 Å². The lowest BCUT2D eigenvalue weighted by molar-refractivity contribution is 0.261. The van der Waals surface area contributed by atoms with Crippen LogP contribution in [0.2, 0.25) is 0 Å². The number of halogens is 1. The highest BCUT2D eigenvalue weighted by Gasteiger charge is 2.12. The first-order valence-electron chi connectivity index (χ1n) is 8.53. The Hall–Kier alpha value is -3.32. The van der Waals surface area contributed by atoms with Gasteiger partial charge in [-0.15, -0.1) is 0 Å². The molecule has 0 aliphatic heterocycles. The second-order valence-corrected chi connectivity index (χ2v) is 6.32. The maximum atomic E-state index is 13.0. The fraction of sp³-hybridized carbons (Fsp3) is 0.150. The number of hydrogen-bond acceptors (Lipinski definition) is 5. The fourth-order valence-electron chi connectivity index (χ4n) is 2.80. The maximum Gasteiger partial charge on any atom is 0.241 e. The fourth-order valence-corrected chi connectivity index (χ4v) is 2.80. The number of para-hydroxylation sites is 1. The molecule has 6 nitrogen and oxygen atoms in total. The molecule has 0 amide bonds. The minimum atomic E-state index is -0.293. The standard InChI is InChI=1S/C20H18FN5O/c1-25(12-15-11-22-26(13-15)18-5-3-2-4-6-18)14-19-23-20(24-27-19)16-7-9-17(21)10-8-16/h2-11,13H,12,14H2,1H3. The summed E-state index contributed by atoms with van der Waals surface area (Å²) in [7, 11) is 1.97. The monoisotopic (exact) mass is 363 g/mol. The minimum absolute atomic E-state index is 0.293. The molecule has 2 aromatic heterocycles. The molecule has 2 aromatic carbocycles. The summed E-state index contributed by atoms with van der Waals surface area (Å²) in [5, 5.41) is 8.37. The van der Waals surface area contributed by atoms with Crippen LogP contribution in [0, 0.1) is 5.82 Å². The Bertz CT molecular complexity index is 1010. The molecule has 0 aliphatic rings. The number of benzene rings is 2. The Morgan fingerprint density at radius 2 is 1.81 bits per heavy atom. The molecule has 4 rings (SSSR count). The highest BCUT2D eigenvalue weighted by molar-refractivity contribution is 5.53. The predicted octanol–water partition coefficient (Wildman–Crippen LogP) is 3.69. The molecule has 0 bridgehead atoms. The lowest BCUT2D eigenvalue weighted by atomic mass is 10.2. The molecular weight excluding hydrogens is 345 g/mol. The van der Waals surface area contributed by atoms with E-state index in [0.717, 1.165) is 16.8 Å². The van der Waals surface area contributed by atoms with Crippen LogP contribution in [0.15, 0.2) is 71.5 Å². The second kappa shape index (κ2) is 7.51. The lowest BCUT2D eigenvalue weighted by Gasteiger charge is -2.12. The molecule has 27 heavy (non-hydrogen) atoms. The summed E-state index contributed by atoms with van der Waals surface area (Å²) >= 11 is 0. The third-order valence-corrected chi connectivity index (χ3v) is 4.08. The maximum absolute atomic E-state index is 13.0. The van der Waals surface area contributed by atoms with E-state index in [0.29, 0.717) is 24.8 Å². The van der Waals surface area contributed by atoms with Gasteiger partial charge in [-0.3, -0.25) is 4.90 Å². The van der Waals surface area contributed by atoms with Crippen molar-refractivity contribution >= 4 is 0 Å². The van der Waals surface area contributed by atoms with E-state index in [1.54, 1.807) is 12.1 Å². The molecule has 0 atom stereocenters. The van der Waals surface area contributed by atoms with Crippen molar-refractivity contribution in [2.45, 2.75) is 13.1 Å². The minimum Gasteiger partial charge on any atom is -0.338 e. The average Bonchev–Trinajstić information content (AvgIpc) is 3.33. The molecule has 0 saturated carbocycles. The van der Waals surface area contributed by atoms with E-state index < -0.39 is 0 Å². The topological polar surface area (TPSA) is 60.0 Å². The first-order chi connectivity index (χ1) is 13.2. The number of rotatable bonds is 6. The van der Waals surface area contributed by atoms with E-state index in [-0.39, 0.29) is 5.82 Å². The molecule has 0 saturated heterocycles. The van der Waals surface area contributed by atoms with E-state index in [1.807, 2.05) is 54.5 Å². The van der Waals surface area contributed by atoms with Crippen molar-refractivity contribution in [3.63, 3.8) is 0 Å². The lowest BCUT2D eigenvalue weighted by Crippen LogP contribution is -2.17. The molecule has 0 spiro atoms. The zero-order chi connectivity index (χ0) is 18.6. The Morgan fingerprint density at radius 3 is 2.59 bits per heavy atom. The van der Waals surface area contributed by atoms with Gasteiger partial charge in [-0.05, 0) is 43.4 Å². The van der Waals surface area contributed by atoms with Gasteiger partial charge in [0.2, 0.25) is 11.7 Å². The first kappa shape index (κ1) is 17.1. The Labute approximate surface area is 155 Å². The van der Waals surface area contributed by atoms with Gasteiger partial charge in [0.15, 0.2) is 0 Å². The van der Waals surface area contributed by atoms with E-state index in [2.05, 4.69) is 20.1 Å². The Balaban J connectivity index is 1.39. The van der Waals surface area contributed by atoms with Crippen molar-refractivity contribution < 1.29 is 8.91 Å². The third-order valence-electron chi connectivity index (χ3n) is 4.08. The van der Waals surface area contributed by atoms with Crippen molar-refractivity contribution in [1.82, 2.24) is 24.8 Å². The van der Waals surface area contributed by atoms with Gasteiger partial charge in [-0.25, -0.2) is 9.07 Å². The van der Waals surface area contributed by atoms with Gasteiger partial charge in [-0.1, -0.05) is 23.4 Å². The SMILES string of the molecule is CN(Cc1cnn(-c2ccccc2)c1)Cc1nc(-c2ccc(F)cc2)no1. The largest absolute Gasteiger partial charge is 0.338 e. The third kappa shape index (κ3) is 4.09. The summed E-state index contributed by atoms with van der Waals surface area (Å²) in [6, 6.07) is 16.0. The molecule has 4 aromatic rings. The molecule has 0 aliphatic carbocycles. The summed E-state index contributed by atoms with van der Waals surface area (Å²) in [5.41, 5.74) is 2.82. The highest BCUT2D eigenvalue weighted by Crippen LogP contribution is 2.17. The van der Waals surface area contributed by atoms with E-state index in [1.165, 1.54) is 12.1 Å². The molecule has 136 valence electrons. The van der Waals surface area contributed by atoms with E-state index >= 15 is 0 Å². The van der Waals surface area contributed by atoms with Crippen molar-refractivity contribution in [3.05, 3.63) is 84.3 Å². The Kier molecular flexibility index (Phi) is 4.76. The summed E-state index contributed by atoms with van der Waals surface area (Å²) in [6.07, 6.45) is 3.85. The zero-order valence-electron chi connectivity index (χ0n) is 14.8. The summed E-state index contributed by atoms with van der Waals surface area (Å²) in [4.78, 5) is 6.45. The van der Waals surface area contributed by atoms with Gasteiger partial charge in [0, 0.05) is 23.9 Å². The number of nitrogens with zero attached hydrogens (tertiary/aromatic N) is 5.